The highest BCUT2D eigenvalue weighted by Crippen LogP contribution is 2.32. The zero-order chi connectivity index (χ0) is 20.1. The first-order valence-corrected chi connectivity index (χ1v) is 9.82. The van der Waals surface area contributed by atoms with E-state index in [-0.39, 0.29) is 5.91 Å². The molecule has 0 aromatic heterocycles. The maximum Gasteiger partial charge on any atom is 0.258 e. The van der Waals surface area contributed by atoms with E-state index in [0.29, 0.717) is 18.7 Å². The number of rotatable bonds is 6. The van der Waals surface area contributed by atoms with E-state index in [0.717, 1.165) is 28.1 Å². The Morgan fingerprint density at radius 3 is 2.17 bits per heavy atom. The van der Waals surface area contributed by atoms with Crippen molar-refractivity contribution in [1.82, 2.24) is 4.90 Å². The summed E-state index contributed by atoms with van der Waals surface area (Å²) in [6.07, 6.45) is 3.92. The van der Waals surface area contributed by atoms with Gasteiger partial charge >= 0.3 is 0 Å². The van der Waals surface area contributed by atoms with Crippen LogP contribution in [0.1, 0.15) is 23.6 Å². The van der Waals surface area contributed by atoms with Crippen LogP contribution < -0.4 is 4.74 Å². The third-order valence-corrected chi connectivity index (χ3v) is 4.84. The SMILES string of the molecule is CCOc1ccc(/C=C2\C=C(c3ccccc3)N(Cc3ccccc3)C2=O)cc1. The minimum atomic E-state index is 0.0154. The van der Waals surface area contributed by atoms with Crippen LogP contribution in [0, 0.1) is 0 Å². The number of carbonyl (C=O) groups excluding carboxylic acids is 1. The van der Waals surface area contributed by atoms with Crippen LogP contribution in [0.5, 0.6) is 5.75 Å². The Bertz CT molecular complexity index is 1040. The van der Waals surface area contributed by atoms with E-state index in [4.69, 9.17) is 4.74 Å². The highest BCUT2D eigenvalue weighted by Gasteiger charge is 2.28. The second-order valence-corrected chi connectivity index (χ2v) is 6.87. The van der Waals surface area contributed by atoms with Crippen LogP contribution in [0.3, 0.4) is 0 Å². The second kappa shape index (κ2) is 8.61. The van der Waals surface area contributed by atoms with Gasteiger partial charge in [-0.2, -0.15) is 0 Å². The quantitative estimate of drug-likeness (QED) is 0.524. The Balaban J connectivity index is 1.67. The molecule has 0 aliphatic carbocycles. The molecule has 0 unspecified atom stereocenters. The fraction of sp³-hybridized carbons (Fsp3) is 0.115. The van der Waals surface area contributed by atoms with Crippen molar-refractivity contribution in [2.24, 2.45) is 0 Å². The Hall–Kier alpha value is -3.59. The smallest absolute Gasteiger partial charge is 0.258 e. The maximum absolute atomic E-state index is 13.2. The molecule has 29 heavy (non-hydrogen) atoms. The topological polar surface area (TPSA) is 29.5 Å². The van der Waals surface area contributed by atoms with Crippen molar-refractivity contribution < 1.29 is 9.53 Å². The monoisotopic (exact) mass is 381 g/mol. The lowest BCUT2D eigenvalue weighted by Crippen LogP contribution is -2.25. The third kappa shape index (κ3) is 4.30. The van der Waals surface area contributed by atoms with Crippen molar-refractivity contribution >= 4 is 17.7 Å². The summed E-state index contributed by atoms with van der Waals surface area (Å²) in [6.45, 7) is 3.14. The van der Waals surface area contributed by atoms with Gasteiger partial charge < -0.3 is 9.64 Å². The summed E-state index contributed by atoms with van der Waals surface area (Å²) >= 11 is 0. The Morgan fingerprint density at radius 1 is 0.862 bits per heavy atom. The van der Waals surface area contributed by atoms with Gasteiger partial charge in [0.15, 0.2) is 0 Å². The average Bonchev–Trinajstić information content (AvgIpc) is 3.06. The molecular formula is C26H23NO2. The molecule has 3 heteroatoms. The van der Waals surface area contributed by atoms with Crippen molar-refractivity contribution in [1.29, 1.82) is 0 Å². The summed E-state index contributed by atoms with van der Waals surface area (Å²) in [5.41, 5.74) is 4.72. The van der Waals surface area contributed by atoms with Crippen LogP contribution in [0.25, 0.3) is 11.8 Å². The lowest BCUT2D eigenvalue weighted by molar-refractivity contribution is -0.123. The van der Waals surface area contributed by atoms with Crippen LogP contribution >= 0.6 is 0 Å². The van der Waals surface area contributed by atoms with Gasteiger partial charge in [0.25, 0.3) is 5.91 Å². The number of hydrogen-bond acceptors (Lipinski definition) is 2. The fourth-order valence-electron chi connectivity index (χ4n) is 3.43. The van der Waals surface area contributed by atoms with Gasteiger partial charge in [-0.1, -0.05) is 72.8 Å². The van der Waals surface area contributed by atoms with Gasteiger partial charge in [0, 0.05) is 5.57 Å². The summed E-state index contributed by atoms with van der Waals surface area (Å²) in [5.74, 6) is 0.847. The van der Waals surface area contributed by atoms with Crippen molar-refractivity contribution in [2.75, 3.05) is 6.61 Å². The van der Waals surface area contributed by atoms with Gasteiger partial charge in [0.2, 0.25) is 0 Å². The third-order valence-electron chi connectivity index (χ3n) is 4.84. The van der Waals surface area contributed by atoms with Gasteiger partial charge in [0.1, 0.15) is 5.75 Å². The molecule has 0 radical (unpaired) electrons. The number of benzene rings is 3. The van der Waals surface area contributed by atoms with Gasteiger partial charge in [-0.05, 0) is 47.9 Å². The highest BCUT2D eigenvalue weighted by molar-refractivity contribution is 6.10. The average molecular weight is 381 g/mol. The number of hydrogen-bond donors (Lipinski definition) is 0. The van der Waals surface area contributed by atoms with Gasteiger partial charge in [0.05, 0.1) is 18.8 Å². The van der Waals surface area contributed by atoms with Crippen LogP contribution in [0.15, 0.2) is 96.6 Å². The molecule has 0 saturated carbocycles. The molecule has 1 aliphatic heterocycles. The first kappa shape index (κ1) is 18.8. The van der Waals surface area contributed by atoms with Gasteiger partial charge in [-0.15, -0.1) is 0 Å². The molecule has 1 heterocycles. The minimum absolute atomic E-state index is 0.0154. The van der Waals surface area contributed by atoms with Gasteiger partial charge in [-0.25, -0.2) is 0 Å². The van der Waals surface area contributed by atoms with E-state index in [1.165, 1.54) is 0 Å². The standard InChI is InChI=1S/C26H23NO2/c1-2-29-24-15-13-20(14-16-24)17-23-18-25(22-11-7-4-8-12-22)27(26(23)28)19-21-9-5-3-6-10-21/h3-18H,2,19H2,1H3/b23-17+. The molecule has 1 amide bonds. The molecule has 3 nitrogen and oxygen atoms in total. The number of amides is 1. The molecule has 0 N–H and O–H groups in total. The predicted molar refractivity (Wildman–Crippen MR) is 117 cm³/mol. The van der Waals surface area contributed by atoms with Crippen LogP contribution in [0.2, 0.25) is 0 Å². The molecule has 0 spiro atoms. The zero-order valence-corrected chi connectivity index (χ0v) is 16.4. The van der Waals surface area contributed by atoms with Crippen molar-refractivity contribution in [2.45, 2.75) is 13.5 Å². The Kier molecular flexibility index (Phi) is 5.57. The van der Waals surface area contributed by atoms with E-state index in [1.54, 1.807) is 0 Å². The molecule has 0 fully saturated rings. The van der Waals surface area contributed by atoms with Crippen molar-refractivity contribution in [3.05, 3.63) is 113 Å². The molecule has 3 aromatic carbocycles. The molecule has 0 bridgehead atoms. The summed E-state index contributed by atoms with van der Waals surface area (Å²) in [5, 5.41) is 0. The Morgan fingerprint density at radius 2 is 1.52 bits per heavy atom. The predicted octanol–water partition coefficient (Wildman–Crippen LogP) is 5.55. The van der Waals surface area contributed by atoms with E-state index in [2.05, 4.69) is 0 Å². The normalized spacial score (nSPS) is 14.9. The first-order valence-electron chi connectivity index (χ1n) is 9.82. The molecule has 4 rings (SSSR count). The van der Waals surface area contributed by atoms with E-state index < -0.39 is 0 Å². The Labute approximate surface area is 171 Å². The largest absolute Gasteiger partial charge is 0.494 e. The summed E-state index contributed by atoms with van der Waals surface area (Å²) < 4.78 is 5.50. The number of nitrogens with zero attached hydrogens (tertiary/aromatic N) is 1. The number of carbonyl (C=O) groups is 1. The summed E-state index contributed by atoms with van der Waals surface area (Å²) in [7, 11) is 0. The molecular weight excluding hydrogens is 358 g/mol. The molecule has 0 saturated heterocycles. The molecule has 1 aliphatic rings. The lowest BCUT2D eigenvalue weighted by Gasteiger charge is -2.20. The number of ether oxygens (including phenoxy) is 1. The lowest BCUT2D eigenvalue weighted by atomic mass is 10.1. The molecule has 3 aromatic rings. The van der Waals surface area contributed by atoms with Crippen LogP contribution in [0.4, 0.5) is 0 Å². The summed E-state index contributed by atoms with van der Waals surface area (Å²) in [6, 6.07) is 27.9. The zero-order valence-electron chi connectivity index (χ0n) is 16.4. The van der Waals surface area contributed by atoms with Crippen LogP contribution in [-0.2, 0) is 11.3 Å². The minimum Gasteiger partial charge on any atom is -0.494 e. The summed E-state index contributed by atoms with van der Waals surface area (Å²) in [4.78, 5) is 15.1. The van der Waals surface area contributed by atoms with Crippen LogP contribution in [-0.4, -0.2) is 17.4 Å². The fourth-order valence-corrected chi connectivity index (χ4v) is 3.43. The van der Waals surface area contributed by atoms with Gasteiger partial charge in [-0.3, -0.25) is 4.79 Å². The maximum atomic E-state index is 13.2. The van der Waals surface area contributed by atoms with Crippen molar-refractivity contribution in [3.8, 4) is 5.75 Å². The first-order chi connectivity index (χ1) is 14.2. The molecule has 0 atom stereocenters. The van der Waals surface area contributed by atoms with E-state index in [1.807, 2.05) is 109 Å². The van der Waals surface area contributed by atoms with Crippen molar-refractivity contribution in [3.63, 3.8) is 0 Å². The molecule has 144 valence electrons. The van der Waals surface area contributed by atoms with E-state index in [9.17, 15) is 4.79 Å². The van der Waals surface area contributed by atoms with E-state index >= 15 is 0 Å². The second-order valence-electron chi connectivity index (χ2n) is 6.87. The highest BCUT2D eigenvalue weighted by atomic mass is 16.5.